The lowest BCUT2D eigenvalue weighted by Gasteiger charge is -2.17. The van der Waals surface area contributed by atoms with Gasteiger partial charge in [-0.05, 0) is 19.3 Å². The number of ether oxygens (including phenoxy) is 1. The van der Waals surface area contributed by atoms with Crippen molar-refractivity contribution in [2.75, 3.05) is 38.7 Å². The number of nitrogens with zero attached hydrogens (tertiary/aromatic N) is 4. The van der Waals surface area contributed by atoms with Crippen LogP contribution in [0.4, 0.5) is 5.82 Å². The van der Waals surface area contributed by atoms with Gasteiger partial charge in [0, 0.05) is 44.6 Å². The zero-order valence-corrected chi connectivity index (χ0v) is 14.9. The lowest BCUT2D eigenvalue weighted by Crippen LogP contribution is -2.32. The molecule has 8 heteroatoms. The highest BCUT2D eigenvalue weighted by molar-refractivity contribution is 5.93. The third-order valence-electron chi connectivity index (χ3n) is 4.88. The van der Waals surface area contributed by atoms with Crippen LogP contribution in [-0.4, -0.2) is 59.1 Å². The van der Waals surface area contributed by atoms with E-state index >= 15 is 0 Å². The van der Waals surface area contributed by atoms with Gasteiger partial charge in [-0.15, -0.1) is 0 Å². The number of aromatic nitrogens is 3. The van der Waals surface area contributed by atoms with Crippen LogP contribution in [0.2, 0.25) is 0 Å². The molecule has 1 N–H and O–H groups in total. The van der Waals surface area contributed by atoms with Crippen LogP contribution < -0.4 is 5.32 Å². The first-order chi connectivity index (χ1) is 12.7. The topological polar surface area (TPSA) is 93.4 Å². The van der Waals surface area contributed by atoms with Gasteiger partial charge in [-0.1, -0.05) is 0 Å². The number of carbonyl (C=O) groups excluding carboxylic acids is 1. The minimum Gasteiger partial charge on any atom is -0.447 e. The molecule has 2 aromatic heterocycles. The lowest BCUT2D eigenvalue weighted by atomic mass is 10.1. The second kappa shape index (κ2) is 7.41. The Morgan fingerprint density at radius 2 is 2.15 bits per heavy atom. The highest BCUT2D eigenvalue weighted by Gasteiger charge is 2.33. The second-order valence-corrected chi connectivity index (χ2v) is 6.88. The van der Waals surface area contributed by atoms with E-state index in [0.717, 1.165) is 43.1 Å². The Morgan fingerprint density at radius 3 is 2.92 bits per heavy atom. The first-order valence-corrected chi connectivity index (χ1v) is 9.05. The Hall–Kier alpha value is -2.48. The van der Waals surface area contributed by atoms with Crippen molar-refractivity contribution < 1.29 is 13.9 Å². The fourth-order valence-corrected chi connectivity index (χ4v) is 3.15. The molecule has 1 aliphatic heterocycles. The molecule has 0 bridgehead atoms. The summed E-state index contributed by atoms with van der Waals surface area (Å²) in [6.45, 7) is 2.64. The normalized spacial score (nSPS) is 19.5. The first-order valence-electron chi connectivity index (χ1n) is 9.05. The Labute approximate surface area is 152 Å². The number of carbonyl (C=O) groups is 1. The molecule has 0 radical (unpaired) electrons. The smallest absolute Gasteiger partial charge is 0.275 e. The van der Waals surface area contributed by atoms with Crippen molar-refractivity contribution in [3.8, 4) is 0 Å². The zero-order valence-electron chi connectivity index (χ0n) is 14.9. The molecule has 0 aromatic carbocycles. The molecule has 3 heterocycles. The van der Waals surface area contributed by atoms with Crippen LogP contribution in [0.25, 0.3) is 0 Å². The van der Waals surface area contributed by atoms with Gasteiger partial charge in [-0.3, -0.25) is 4.79 Å². The van der Waals surface area contributed by atoms with E-state index in [2.05, 4.69) is 20.3 Å². The van der Waals surface area contributed by atoms with E-state index in [1.165, 1.54) is 6.39 Å². The minimum absolute atomic E-state index is 0.103. The van der Waals surface area contributed by atoms with Gasteiger partial charge in [0.15, 0.2) is 12.1 Å². The molecular formula is C18H23N5O3. The number of hydrogen-bond donors (Lipinski definition) is 1. The Balaban J connectivity index is 1.30. The van der Waals surface area contributed by atoms with Crippen LogP contribution in [0.15, 0.2) is 23.2 Å². The molecule has 2 aromatic rings. The third-order valence-corrected chi connectivity index (χ3v) is 4.88. The van der Waals surface area contributed by atoms with Crippen LogP contribution in [0.1, 0.15) is 53.0 Å². The molecule has 1 saturated heterocycles. The molecule has 2 fully saturated rings. The summed E-state index contributed by atoms with van der Waals surface area (Å²) in [5.41, 5.74) is 1.45. The van der Waals surface area contributed by atoms with Gasteiger partial charge in [-0.25, -0.2) is 15.0 Å². The molecule has 138 valence electrons. The first kappa shape index (κ1) is 17.0. The number of rotatable bonds is 7. The number of amides is 1. The number of oxazole rings is 1. The van der Waals surface area contributed by atoms with Gasteiger partial charge in [0.2, 0.25) is 0 Å². The van der Waals surface area contributed by atoms with Gasteiger partial charge in [0.1, 0.15) is 17.9 Å². The molecule has 2 aliphatic rings. The van der Waals surface area contributed by atoms with Crippen molar-refractivity contribution in [1.29, 1.82) is 0 Å². The Bertz CT molecular complexity index is 768. The molecule has 1 atom stereocenters. The predicted molar refractivity (Wildman–Crippen MR) is 94.1 cm³/mol. The van der Waals surface area contributed by atoms with E-state index < -0.39 is 0 Å². The van der Waals surface area contributed by atoms with Gasteiger partial charge in [-0.2, -0.15) is 0 Å². The highest BCUT2D eigenvalue weighted by Crippen LogP contribution is 2.41. The van der Waals surface area contributed by atoms with Gasteiger partial charge in [0.25, 0.3) is 5.91 Å². The molecule has 8 nitrogen and oxygen atoms in total. The average molecular weight is 357 g/mol. The van der Waals surface area contributed by atoms with E-state index in [9.17, 15) is 4.79 Å². The maximum absolute atomic E-state index is 12.6. The monoisotopic (exact) mass is 357 g/mol. The molecule has 26 heavy (non-hydrogen) atoms. The molecule has 1 amide bonds. The van der Waals surface area contributed by atoms with E-state index in [-0.39, 0.29) is 5.91 Å². The highest BCUT2D eigenvalue weighted by atomic mass is 16.5. The fourth-order valence-electron chi connectivity index (χ4n) is 3.15. The molecule has 1 aliphatic carbocycles. The van der Waals surface area contributed by atoms with E-state index in [4.69, 9.17) is 9.15 Å². The van der Waals surface area contributed by atoms with Crippen LogP contribution >= 0.6 is 0 Å². The van der Waals surface area contributed by atoms with Crippen LogP contribution in [0, 0.1) is 0 Å². The summed E-state index contributed by atoms with van der Waals surface area (Å²) < 4.78 is 10.8. The largest absolute Gasteiger partial charge is 0.447 e. The van der Waals surface area contributed by atoms with Crippen LogP contribution in [0.5, 0.6) is 0 Å². The average Bonchev–Trinajstić information content (AvgIpc) is 3.15. The van der Waals surface area contributed by atoms with Gasteiger partial charge in [0.05, 0.1) is 12.3 Å². The van der Waals surface area contributed by atoms with E-state index in [1.54, 1.807) is 18.3 Å². The SMILES string of the molecule is CN(CCNc1cc(C2CCOC2)ncn1)C(=O)c1ncoc1C1CC1. The van der Waals surface area contributed by atoms with Crippen LogP contribution in [-0.2, 0) is 4.74 Å². The van der Waals surface area contributed by atoms with Crippen molar-refractivity contribution in [2.45, 2.75) is 31.1 Å². The molecular weight excluding hydrogens is 334 g/mol. The van der Waals surface area contributed by atoms with Gasteiger partial charge < -0.3 is 19.4 Å². The van der Waals surface area contributed by atoms with Crippen molar-refractivity contribution in [1.82, 2.24) is 19.9 Å². The second-order valence-electron chi connectivity index (χ2n) is 6.88. The maximum atomic E-state index is 12.6. The summed E-state index contributed by atoms with van der Waals surface area (Å²) in [7, 11) is 1.77. The molecule has 1 saturated carbocycles. The lowest BCUT2D eigenvalue weighted by molar-refractivity contribution is 0.0793. The molecule has 4 rings (SSSR count). The Kier molecular flexibility index (Phi) is 4.83. The van der Waals surface area contributed by atoms with Crippen LogP contribution in [0.3, 0.4) is 0 Å². The number of hydrogen-bond acceptors (Lipinski definition) is 7. The van der Waals surface area contributed by atoms with E-state index in [1.807, 2.05) is 6.07 Å². The molecule has 1 unspecified atom stereocenters. The quantitative estimate of drug-likeness (QED) is 0.810. The summed E-state index contributed by atoms with van der Waals surface area (Å²) in [4.78, 5) is 26.9. The maximum Gasteiger partial charge on any atom is 0.275 e. The van der Waals surface area contributed by atoms with Crippen molar-refractivity contribution in [2.24, 2.45) is 0 Å². The van der Waals surface area contributed by atoms with E-state index in [0.29, 0.717) is 37.2 Å². The minimum atomic E-state index is -0.103. The summed E-state index contributed by atoms with van der Waals surface area (Å²) in [6, 6.07) is 1.96. The standard InChI is InChI=1S/C18H23N5O3/c1-23(18(24)16-17(12-2-3-12)26-11-22-16)6-5-19-15-8-14(20-10-21-15)13-4-7-25-9-13/h8,10-13H,2-7,9H2,1H3,(H,19,20,21). The summed E-state index contributed by atoms with van der Waals surface area (Å²) >= 11 is 0. The fraction of sp³-hybridized carbons (Fsp3) is 0.556. The predicted octanol–water partition coefficient (Wildman–Crippen LogP) is 2.03. The van der Waals surface area contributed by atoms with Crippen molar-refractivity contribution >= 4 is 11.7 Å². The number of anilines is 1. The summed E-state index contributed by atoms with van der Waals surface area (Å²) in [5.74, 6) is 2.10. The zero-order chi connectivity index (χ0) is 17.9. The molecule has 0 spiro atoms. The Morgan fingerprint density at radius 1 is 1.27 bits per heavy atom. The summed E-state index contributed by atoms with van der Waals surface area (Å²) in [6.07, 6.45) is 6.07. The number of nitrogens with one attached hydrogen (secondary N) is 1. The van der Waals surface area contributed by atoms with Crippen molar-refractivity contribution in [3.63, 3.8) is 0 Å². The third kappa shape index (κ3) is 3.70. The van der Waals surface area contributed by atoms with Crippen molar-refractivity contribution in [3.05, 3.63) is 35.9 Å². The number of likely N-dealkylation sites (N-methyl/N-ethyl adjacent to an activating group) is 1. The van der Waals surface area contributed by atoms with Gasteiger partial charge >= 0.3 is 0 Å². The summed E-state index contributed by atoms with van der Waals surface area (Å²) in [5, 5.41) is 3.26.